The molecule has 0 aliphatic heterocycles. The molecule has 1 unspecified atom stereocenters. The third-order valence-corrected chi connectivity index (χ3v) is 4.26. The minimum Gasteiger partial charge on any atom is -0.370 e. The first-order valence-electron chi connectivity index (χ1n) is 5.98. The van der Waals surface area contributed by atoms with Gasteiger partial charge in [-0.2, -0.15) is 0 Å². The van der Waals surface area contributed by atoms with Gasteiger partial charge in [0.15, 0.2) is 0 Å². The number of hydrogen-bond donors (Lipinski definition) is 0. The molecule has 16 heavy (non-hydrogen) atoms. The summed E-state index contributed by atoms with van der Waals surface area (Å²) < 4.78 is 7.05. The molecule has 1 rings (SSSR count). The lowest BCUT2D eigenvalue weighted by Gasteiger charge is -2.28. The Bertz CT molecular complexity index is 286. The molecule has 0 saturated carbocycles. The minimum absolute atomic E-state index is 0.129. The molecule has 0 saturated heterocycles. The number of benzene rings is 1. The standard InChI is InChI=1S/C14H21IO/c1-3-4-8-11-16-14(2,12-15)13-9-6-5-7-10-13/h5-7,9-10H,3-4,8,11-12H2,1-2H3. The van der Waals surface area contributed by atoms with Crippen LogP contribution in [0.2, 0.25) is 0 Å². The van der Waals surface area contributed by atoms with E-state index in [1.54, 1.807) is 0 Å². The molecule has 0 bridgehead atoms. The fraction of sp³-hybridized carbons (Fsp3) is 0.571. The van der Waals surface area contributed by atoms with Crippen LogP contribution in [0.25, 0.3) is 0 Å². The molecule has 0 aromatic heterocycles. The van der Waals surface area contributed by atoms with Crippen LogP contribution in [-0.4, -0.2) is 11.0 Å². The molecular weight excluding hydrogens is 311 g/mol. The molecule has 1 aromatic rings. The predicted octanol–water partition coefficient (Wildman–Crippen LogP) is 4.54. The van der Waals surface area contributed by atoms with Gasteiger partial charge >= 0.3 is 0 Å². The van der Waals surface area contributed by atoms with E-state index in [-0.39, 0.29) is 5.60 Å². The summed E-state index contributed by atoms with van der Waals surface area (Å²) in [5.41, 5.74) is 1.15. The zero-order valence-electron chi connectivity index (χ0n) is 10.2. The van der Waals surface area contributed by atoms with Crippen molar-refractivity contribution in [3.63, 3.8) is 0 Å². The first-order chi connectivity index (χ1) is 7.73. The lowest BCUT2D eigenvalue weighted by Crippen LogP contribution is -2.28. The van der Waals surface area contributed by atoms with Crippen LogP contribution in [0.3, 0.4) is 0 Å². The smallest absolute Gasteiger partial charge is 0.0992 e. The summed E-state index contributed by atoms with van der Waals surface area (Å²) in [5, 5.41) is 0. The maximum absolute atomic E-state index is 6.06. The van der Waals surface area contributed by atoms with Crippen molar-refractivity contribution in [3.8, 4) is 0 Å². The second-order valence-electron chi connectivity index (χ2n) is 4.29. The Morgan fingerprint density at radius 2 is 1.88 bits per heavy atom. The van der Waals surface area contributed by atoms with E-state index < -0.39 is 0 Å². The van der Waals surface area contributed by atoms with Gasteiger partial charge in [-0.15, -0.1) is 0 Å². The molecular formula is C14H21IO. The summed E-state index contributed by atoms with van der Waals surface area (Å²) in [6.07, 6.45) is 3.66. The van der Waals surface area contributed by atoms with Gasteiger partial charge in [0.1, 0.15) is 0 Å². The highest BCUT2D eigenvalue weighted by Crippen LogP contribution is 2.27. The maximum Gasteiger partial charge on any atom is 0.0992 e. The van der Waals surface area contributed by atoms with Crippen molar-refractivity contribution in [1.29, 1.82) is 0 Å². The van der Waals surface area contributed by atoms with Crippen LogP contribution in [0.15, 0.2) is 30.3 Å². The van der Waals surface area contributed by atoms with Crippen molar-refractivity contribution in [2.45, 2.75) is 38.7 Å². The highest BCUT2D eigenvalue weighted by atomic mass is 127. The van der Waals surface area contributed by atoms with Crippen molar-refractivity contribution in [3.05, 3.63) is 35.9 Å². The van der Waals surface area contributed by atoms with Crippen LogP contribution >= 0.6 is 22.6 Å². The van der Waals surface area contributed by atoms with Crippen LogP contribution in [0.5, 0.6) is 0 Å². The average molecular weight is 332 g/mol. The zero-order valence-corrected chi connectivity index (χ0v) is 12.4. The van der Waals surface area contributed by atoms with E-state index in [0.29, 0.717) is 0 Å². The molecule has 0 spiro atoms. The van der Waals surface area contributed by atoms with Gasteiger partial charge in [-0.3, -0.25) is 0 Å². The second-order valence-corrected chi connectivity index (χ2v) is 5.05. The summed E-state index contributed by atoms with van der Waals surface area (Å²) >= 11 is 2.41. The monoisotopic (exact) mass is 332 g/mol. The first kappa shape index (κ1) is 14.0. The highest BCUT2D eigenvalue weighted by Gasteiger charge is 2.25. The van der Waals surface area contributed by atoms with Gasteiger partial charge in [0.05, 0.1) is 5.60 Å². The molecule has 0 radical (unpaired) electrons. The van der Waals surface area contributed by atoms with Gasteiger partial charge in [0.25, 0.3) is 0 Å². The fourth-order valence-corrected chi connectivity index (χ4v) is 2.30. The molecule has 0 amide bonds. The summed E-state index contributed by atoms with van der Waals surface area (Å²) in [7, 11) is 0. The van der Waals surface area contributed by atoms with E-state index in [2.05, 4.69) is 60.7 Å². The Balaban J connectivity index is 2.56. The van der Waals surface area contributed by atoms with Crippen LogP contribution in [0, 0.1) is 0 Å². The summed E-state index contributed by atoms with van der Waals surface area (Å²) in [6.45, 7) is 5.26. The van der Waals surface area contributed by atoms with Crippen molar-refractivity contribution in [2.24, 2.45) is 0 Å². The highest BCUT2D eigenvalue weighted by molar-refractivity contribution is 14.1. The topological polar surface area (TPSA) is 9.23 Å². The number of unbranched alkanes of at least 4 members (excludes halogenated alkanes) is 2. The van der Waals surface area contributed by atoms with Crippen LogP contribution in [-0.2, 0) is 10.3 Å². The molecule has 0 fully saturated rings. The quantitative estimate of drug-likeness (QED) is 0.405. The van der Waals surface area contributed by atoms with Crippen molar-refractivity contribution in [1.82, 2.24) is 0 Å². The van der Waals surface area contributed by atoms with Crippen LogP contribution in [0.4, 0.5) is 0 Å². The Morgan fingerprint density at radius 1 is 1.19 bits per heavy atom. The third kappa shape index (κ3) is 4.06. The van der Waals surface area contributed by atoms with E-state index in [0.717, 1.165) is 17.5 Å². The molecule has 1 atom stereocenters. The van der Waals surface area contributed by atoms with Crippen molar-refractivity contribution >= 4 is 22.6 Å². The molecule has 0 aliphatic carbocycles. The van der Waals surface area contributed by atoms with Gasteiger partial charge in [0, 0.05) is 11.0 Å². The van der Waals surface area contributed by atoms with E-state index in [9.17, 15) is 0 Å². The van der Waals surface area contributed by atoms with Gasteiger partial charge < -0.3 is 4.74 Å². The van der Waals surface area contributed by atoms with Gasteiger partial charge in [-0.25, -0.2) is 0 Å². The largest absolute Gasteiger partial charge is 0.370 e. The van der Waals surface area contributed by atoms with E-state index in [1.807, 2.05) is 6.07 Å². The Hall–Kier alpha value is -0.0900. The second kappa shape index (κ2) is 7.28. The van der Waals surface area contributed by atoms with Crippen molar-refractivity contribution < 1.29 is 4.74 Å². The van der Waals surface area contributed by atoms with E-state index in [1.165, 1.54) is 18.4 Å². The molecule has 0 N–H and O–H groups in total. The normalized spacial score (nSPS) is 14.7. The van der Waals surface area contributed by atoms with E-state index in [4.69, 9.17) is 4.74 Å². The van der Waals surface area contributed by atoms with Gasteiger partial charge in [-0.1, -0.05) is 72.7 Å². The van der Waals surface area contributed by atoms with Gasteiger partial charge in [0.2, 0.25) is 0 Å². The predicted molar refractivity (Wildman–Crippen MR) is 78.2 cm³/mol. The number of halogens is 1. The van der Waals surface area contributed by atoms with Crippen LogP contribution < -0.4 is 0 Å². The van der Waals surface area contributed by atoms with E-state index >= 15 is 0 Å². The third-order valence-electron chi connectivity index (χ3n) is 2.81. The first-order valence-corrected chi connectivity index (χ1v) is 7.51. The maximum atomic E-state index is 6.06. The number of rotatable bonds is 7. The molecule has 1 aromatic carbocycles. The SMILES string of the molecule is CCCCCOC(C)(CI)c1ccccc1. The minimum atomic E-state index is -0.129. The molecule has 1 nitrogen and oxygen atoms in total. The number of alkyl halides is 1. The van der Waals surface area contributed by atoms with Gasteiger partial charge in [-0.05, 0) is 18.9 Å². The fourth-order valence-electron chi connectivity index (χ4n) is 1.64. The summed E-state index contributed by atoms with van der Waals surface area (Å²) in [6, 6.07) is 10.5. The Kier molecular flexibility index (Phi) is 6.36. The number of ether oxygens (including phenoxy) is 1. The van der Waals surface area contributed by atoms with Crippen molar-refractivity contribution in [2.75, 3.05) is 11.0 Å². The molecule has 2 heteroatoms. The summed E-state index contributed by atoms with van der Waals surface area (Å²) in [5.74, 6) is 0. The molecule has 90 valence electrons. The average Bonchev–Trinajstić information content (AvgIpc) is 2.35. The molecule has 0 heterocycles. The lowest BCUT2D eigenvalue weighted by atomic mass is 9.98. The summed E-state index contributed by atoms with van der Waals surface area (Å²) in [4.78, 5) is 0. The Morgan fingerprint density at radius 3 is 2.44 bits per heavy atom. The zero-order chi connectivity index (χ0) is 11.9. The number of hydrogen-bond acceptors (Lipinski definition) is 1. The Labute approximate surface area is 113 Å². The van der Waals surface area contributed by atoms with Crippen LogP contribution in [0.1, 0.15) is 38.7 Å². The lowest BCUT2D eigenvalue weighted by molar-refractivity contribution is -0.0171. The molecule has 0 aliphatic rings.